The summed E-state index contributed by atoms with van der Waals surface area (Å²) in [6.45, 7) is 2.64. The van der Waals surface area contributed by atoms with Crippen LogP contribution in [0.15, 0.2) is 54.6 Å². The van der Waals surface area contributed by atoms with E-state index in [1.165, 1.54) is 11.1 Å². The lowest BCUT2D eigenvalue weighted by molar-refractivity contribution is 0.361. The van der Waals surface area contributed by atoms with E-state index in [0.717, 1.165) is 11.5 Å². The van der Waals surface area contributed by atoms with Crippen molar-refractivity contribution in [3.05, 3.63) is 65.7 Å². The van der Waals surface area contributed by atoms with Crippen LogP contribution in [-0.4, -0.2) is 13.7 Å². The zero-order valence-electron chi connectivity index (χ0n) is 11.3. The van der Waals surface area contributed by atoms with E-state index < -0.39 is 0 Å². The zero-order valence-corrected chi connectivity index (χ0v) is 11.3. The smallest absolute Gasteiger partial charge is 0.120 e. The topological polar surface area (TPSA) is 18.5 Å². The Labute approximate surface area is 114 Å². The number of rotatable bonds is 5. The van der Waals surface area contributed by atoms with Gasteiger partial charge in [0.25, 0.3) is 0 Å². The number of hydrogen-bond donors (Lipinski definition) is 0. The molecule has 2 aromatic carbocycles. The molecule has 2 heteroatoms. The monoisotopic (exact) mass is 254 g/mol. The Hall–Kier alpha value is -2.22. The summed E-state index contributed by atoms with van der Waals surface area (Å²) in [5, 5.41) is 0. The van der Waals surface area contributed by atoms with Gasteiger partial charge in [-0.15, -0.1) is 0 Å². The van der Waals surface area contributed by atoms with Crippen LogP contribution >= 0.6 is 0 Å². The van der Waals surface area contributed by atoms with Gasteiger partial charge in [0, 0.05) is 0 Å². The predicted octanol–water partition coefficient (Wildman–Crippen LogP) is 4.10. The van der Waals surface area contributed by atoms with Gasteiger partial charge in [-0.3, -0.25) is 0 Å². The highest BCUT2D eigenvalue weighted by atomic mass is 16.5. The van der Waals surface area contributed by atoms with E-state index in [1.807, 2.05) is 30.3 Å². The van der Waals surface area contributed by atoms with Crippen LogP contribution in [0.1, 0.15) is 11.1 Å². The molecule has 98 valence electrons. The molecule has 0 saturated carbocycles. The van der Waals surface area contributed by atoms with Crippen molar-refractivity contribution in [2.24, 2.45) is 0 Å². The Kier molecular flexibility index (Phi) is 4.62. The van der Waals surface area contributed by atoms with Crippen LogP contribution in [0.5, 0.6) is 11.5 Å². The standard InChI is InChI=1S/C17H18O2/c1-14-5-7-15(8-6-14)4-3-13-19-17-11-9-16(18-2)10-12-17/h3-12H,13H2,1-2H3/b4-3+. The van der Waals surface area contributed by atoms with Gasteiger partial charge in [0.1, 0.15) is 18.1 Å². The summed E-state index contributed by atoms with van der Waals surface area (Å²) in [5.41, 5.74) is 2.45. The lowest BCUT2D eigenvalue weighted by Crippen LogP contribution is -1.93. The summed E-state index contributed by atoms with van der Waals surface area (Å²) in [7, 11) is 1.65. The van der Waals surface area contributed by atoms with Gasteiger partial charge in [-0.05, 0) is 42.8 Å². The molecule has 0 aliphatic carbocycles. The van der Waals surface area contributed by atoms with Gasteiger partial charge in [-0.25, -0.2) is 0 Å². The quantitative estimate of drug-likeness (QED) is 0.800. The van der Waals surface area contributed by atoms with E-state index in [-0.39, 0.29) is 0 Å². The molecule has 0 amide bonds. The van der Waals surface area contributed by atoms with Crippen molar-refractivity contribution in [2.75, 3.05) is 13.7 Å². The molecular weight excluding hydrogens is 236 g/mol. The fraction of sp³-hybridized carbons (Fsp3) is 0.176. The van der Waals surface area contributed by atoms with Gasteiger partial charge in [-0.2, -0.15) is 0 Å². The maximum atomic E-state index is 5.61. The zero-order chi connectivity index (χ0) is 13.5. The van der Waals surface area contributed by atoms with Crippen molar-refractivity contribution >= 4 is 6.08 Å². The largest absolute Gasteiger partial charge is 0.497 e. The number of methoxy groups -OCH3 is 1. The molecule has 2 rings (SSSR count). The van der Waals surface area contributed by atoms with Crippen molar-refractivity contribution in [1.82, 2.24) is 0 Å². The minimum atomic E-state index is 0.556. The van der Waals surface area contributed by atoms with Gasteiger partial charge >= 0.3 is 0 Å². The molecule has 2 aromatic rings. The third-order valence-corrected chi connectivity index (χ3v) is 2.79. The van der Waals surface area contributed by atoms with E-state index in [2.05, 4.69) is 37.3 Å². The number of aryl methyl sites for hydroxylation is 1. The maximum absolute atomic E-state index is 5.61. The molecule has 0 aliphatic rings. The van der Waals surface area contributed by atoms with Gasteiger partial charge in [0.05, 0.1) is 7.11 Å². The van der Waals surface area contributed by atoms with Gasteiger partial charge < -0.3 is 9.47 Å². The van der Waals surface area contributed by atoms with Crippen LogP contribution in [0, 0.1) is 6.92 Å². The summed E-state index contributed by atoms with van der Waals surface area (Å²) in [5.74, 6) is 1.68. The SMILES string of the molecule is COc1ccc(OC/C=C/c2ccc(C)cc2)cc1. The molecule has 0 spiro atoms. The van der Waals surface area contributed by atoms with Crippen molar-refractivity contribution in [3.63, 3.8) is 0 Å². The van der Waals surface area contributed by atoms with Crippen LogP contribution in [0.4, 0.5) is 0 Å². The van der Waals surface area contributed by atoms with E-state index >= 15 is 0 Å². The molecule has 0 unspecified atom stereocenters. The Morgan fingerprint density at radius 3 is 2.16 bits per heavy atom. The van der Waals surface area contributed by atoms with E-state index in [9.17, 15) is 0 Å². The van der Waals surface area contributed by atoms with E-state index in [1.54, 1.807) is 7.11 Å². The van der Waals surface area contributed by atoms with Crippen LogP contribution < -0.4 is 9.47 Å². The highest BCUT2D eigenvalue weighted by Crippen LogP contribution is 2.16. The summed E-state index contributed by atoms with van der Waals surface area (Å²) >= 11 is 0. The molecule has 0 aromatic heterocycles. The minimum Gasteiger partial charge on any atom is -0.497 e. The van der Waals surface area contributed by atoms with Crippen LogP contribution in [-0.2, 0) is 0 Å². The fourth-order valence-corrected chi connectivity index (χ4v) is 1.68. The first-order valence-electron chi connectivity index (χ1n) is 6.28. The fourth-order valence-electron chi connectivity index (χ4n) is 1.68. The van der Waals surface area contributed by atoms with Gasteiger partial charge in [0.2, 0.25) is 0 Å². The second kappa shape index (κ2) is 6.64. The molecule has 0 N–H and O–H groups in total. The van der Waals surface area contributed by atoms with Crippen LogP contribution in [0.3, 0.4) is 0 Å². The number of ether oxygens (including phenoxy) is 2. The summed E-state index contributed by atoms with van der Waals surface area (Å²) in [6.07, 6.45) is 4.07. The summed E-state index contributed by atoms with van der Waals surface area (Å²) in [6, 6.07) is 16.0. The Balaban J connectivity index is 1.83. The lowest BCUT2D eigenvalue weighted by atomic mass is 10.1. The van der Waals surface area contributed by atoms with E-state index in [0.29, 0.717) is 6.61 Å². The molecule has 0 aliphatic heterocycles. The van der Waals surface area contributed by atoms with E-state index in [4.69, 9.17) is 9.47 Å². The van der Waals surface area contributed by atoms with Gasteiger partial charge in [0.15, 0.2) is 0 Å². The average molecular weight is 254 g/mol. The van der Waals surface area contributed by atoms with Crippen LogP contribution in [0.2, 0.25) is 0 Å². The van der Waals surface area contributed by atoms with Crippen LogP contribution in [0.25, 0.3) is 6.08 Å². The second-order valence-corrected chi connectivity index (χ2v) is 4.30. The molecule has 0 fully saturated rings. The summed E-state index contributed by atoms with van der Waals surface area (Å²) < 4.78 is 10.7. The average Bonchev–Trinajstić information content (AvgIpc) is 2.46. The number of hydrogen-bond acceptors (Lipinski definition) is 2. The third-order valence-electron chi connectivity index (χ3n) is 2.79. The Bertz CT molecular complexity index is 524. The maximum Gasteiger partial charge on any atom is 0.120 e. The van der Waals surface area contributed by atoms with Crippen molar-refractivity contribution in [2.45, 2.75) is 6.92 Å². The molecule has 0 saturated heterocycles. The molecule has 0 atom stereocenters. The highest BCUT2D eigenvalue weighted by Gasteiger charge is 1.93. The molecular formula is C17H18O2. The van der Waals surface area contributed by atoms with Crippen molar-refractivity contribution in [1.29, 1.82) is 0 Å². The molecule has 2 nitrogen and oxygen atoms in total. The molecule has 0 heterocycles. The Morgan fingerprint density at radius 1 is 0.895 bits per heavy atom. The summed E-state index contributed by atoms with van der Waals surface area (Å²) in [4.78, 5) is 0. The molecule has 0 bridgehead atoms. The predicted molar refractivity (Wildman–Crippen MR) is 78.7 cm³/mol. The second-order valence-electron chi connectivity index (χ2n) is 4.30. The number of benzene rings is 2. The first-order chi connectivity index (χ1) is 9.28. The van der Waals surface area contributed by atoms with Gasteiger partial charge in [-0.1, -0.05) is 35.9 Å². The molecule has 0 radical (unpaired) electrons. The third kappa shape index (κ3) is 4.18. The Morgan fingerprint density at radius 2 is 1.53 bits per heavy atom. The van der Waals surface area contributed by atoms with Crippen molar-refractivity contribution in [3.8, 4) is 11.5 Å². The highest BCUT2D eigenvalue weighted by molar-refractivity contribution is 5.49. The minimum absolute atomic E-state index is 0.556. The molecule has 19 heavy (non-hydrogen) atoms. The normalized spacial score (nSPS) is 10.6. The first kappa shape index (κ1) is 13.2. The lowest BCUT2D eigenvalue weighted by Gasteiger charge is -2.04. The first-order valence-corrected chi connectivity index (χ1v) is 6.28. The van der Waals surface area contributed by atoms with Crippen molar-refractivity contribution < 1.29 is 9.47 Å².